The van der Waals surface area contributed by atoms with Crippen LogP contribution in [-0.4, -0.2) is 18.8 Å². The molecule has 128 valence electrons. The second-order valence-corrected chi connectivity index (χ2v) is 5.86. The van der Waals surface area contributed by atoms with Crippen LogP contribution in [0.5, 0.6) is 5.75 Å². The van der Waals surface area contributed by atoms with Crippen molar-refractivity contribution < 1.29 is 14.3 Å². The molecule has 1 N–H and O–H groups in total. The maximum absolute atomic E-state index is 11.8. The van der Waals surface area contributed by atoms with Crippen molar-refractivity contribution >= 4 is 17.4 Å². The molecule has 1 aromatic carbocycles. The number of unbranched alkanes of at least 4 members (excludes halogenated alkanes) is 6. The van der Waals surface area contributed by atoms with Gasteiger partial charge in [-0.2, -0.15) is 0 Å². The predicted molar refractivity (Wildman–Crippen MR) is 93.9 cm³/mol. The van der Waals surface area contributed by atoms with E-state index in [-0.39, 0.29) is 18.1 Å². The monoisotopic (exact) mass is 319 g/mol. The van der Waals surface area contributed by atoms with Crippen LogP contribution in [0.1, 0.15) is 64.7 Å². The third-order valence-corrected chi connectivity index (χ3v) is 3.79. The molecular weight excluding hydrogens is 290 g/mol. The zero-order valence-electron chi connectivity index (χ0n) is 14.4. The Morgan fingerprint density at radius 2 is 1.57 bits per heavy atom. The number of nitrogens with one attached hydrogen (secondary N) is 1. The second-order valence-electron chi connectivity index (χ2n) is 5.86. The number of methoxy groups -OCH3 is 1. The second kappa shape index (κ2) is 11.7. The molecule has 1 amide bonds. The van der Waals surface area contributed by atoms with E-state index in [1.807, 2.05) is 0 Å². The van der Waals surface area contributed by atoms with Crippen LogP contribution in [0.2, 0.25) is 0 Å². The number of carbonyl (C=O) groups is 2. The van der Waals surface area contributed by atoms with Crippen LogP contribution in [0, 0.1) is 0 Å². The van der Waals surface area contributed by atoms with Gasteiger partial charge in [0.05, 0.1) is 13.5 Å². The summed E-state index contributed by atoms with van der Waals surface area (Å²) in [6.45, 7) is 2.20. The largest absolute Gasteiger partial charge is 0.497 e. The fourth-order valence-electron chi connectivity index (χ4n) is 2.43. The number of rotatable bonds is 12. The summed E-state index contributed by atoms with van der Waals surface area (Å²) < 4.78 is 5.06. The molecule has 0 atom stereocenters. The molecule has 0 unspecified atom stereocenters. The summed E-state index contributed by atoms with van der Waals surface area (Å²) in [4.78, 5) is 23.6. The summed E-state index contributed by atoms with van der Waals surface area (Å²) in [5.41, 5.74) is 0.680. The lowest BCUT2D eigenvalue weighted by Gasteiger charge is -2.06. The van der Waals surface area contributed by atoms with Gasteiger partial charge >= 0.3 is 0 Å². The molecule has 0 saturated carbocycles. The lowest BCUT2D eigenvalue weighted by molar-refractivity contribution is -0.125. The number of carbonyl (C=O) groups excluding carboxylic acids is 2. The highest BCUT2D eigenvalue weighted by molar-refractivity contribution is 6.04. The quantitative estimate of drug-likeness (QED) is 0.447. The van der Waals surface area contributed by atoms with E-state index in [1.54, 1.807) is 31.4 Å². The first-order valence-electron chi connectivity index (χ1n) is 8.61. The molecular formula is C19H29NO3. The van der Waals surface area contributed by atoms with Crippen LogP contribution >= 0.6 is 0 Å². The molecule has 1 rings (SSSR count). The number of ether oxygens (including phenoxy) is 1. The lowest BCUT2D eigenvalue weighted by Crippen LogP contribution is -2.16. The fourth-order valence-corrected chi connectivity index (χ4v) is 2.43. The smallest absolute Gasteiger partial charge is 0.231 e. The molecule has 23 heavy (non-hydrogen) atoms. The van der Waals surface area contributed by atoms with Crippen LogP contribution < -0.4 is 10.1 Å². The van der Waals surface area contributed by atoms with Crippen molar-refractivity contribution in [1.82, 2.24) is 0 Å². The Bertz CT molecular complexity index is 468. The van der Waals surface area contributed by atoms with Gasteiger partial charge in [0.25, 0.3) is 0 Å². The van der Waals surface area contributed by atoms with E-state index in [9.17, 15) is 9.59 Å². The molecule has 1 aromatic rings. The molecule has 0 heterocycles. The summed E-state index contributed by atoms with van der Waals surface area (Å²) in [6.07, 6.45) is 8.70. The number of anilines is 1. The van der Waals surface area contributed by atoms with Crippen LogP contribution in [0.3, 0.4) is 0 Å². The molecule has 0 aliphatic carbocycles. The first kappa shape index (κ1) is 19.2. The van der Waals surface area contributed by atoms with Gasteiger partial charge in [-0.05, 0) is 30.7 Å². The van der Waals surface area contributed by atoms with Crippen LogP contribution in [-0.2, 0) is 9.59 Å². The summed E-state index contributed by atoms with van der Waals surface area (Å²) in [5.74, 6) is 0.505. The van der Waals surface area contributed by atoms with Gasteiger partial charge in [-0.15, -0.1) is 0 Å². The molecule has 0 spiro atoms. The Morgan fingerprint density at radius 1 is 0.957 bits per heavy atom. The zero-order valence-corrected chi connectivity index (χ0v) is 14.4. The molecule has 0 saturated heterocycles. The molecule has 0 fully saturated rings. The van der Waals surface area contributed by atoms with Crippen molar-refractivity contribution in [3.63, 3.8) is 0 Å². The van der Waals surface area contributed by atoms with Crippen LogP contribution in [0.15, 0.2) is 24.3 Å². The normalized spacial score (nSPS) is 10.3. The Morgan fingerprint density at radius 3 is 2.17 bits per heavy atom. The topological polar surface area (TPSA) is 55.4 Å². The number of ketones is 1. The number of Topliss-reactive ketones (excluding diaryl/α,β-unsaturated/α-hetero) is 1. The van der Waals surface area contributed by atoms with Crippen molar-refractivity contribution in [1.29, 1.82) is 0 Å². The summed E-state index contributed by atoms with van der Waals surface area (Å²) >= 11 is 0. The minimum Gasteiger partial charge on any atom is -0.497 e. The van der Waals surface area contributed by atoms with E-state index in [4.69, 9.17) is 4.74 Å². The fraction of sp³-hybridized carbons (Fsp3) is 0.579. The van der Waals surface area contributed by atoms with E-state index >= 15 is 0 Å². The van der Waals surface area contributed by atoms with Gasteiger partial charge in [-0.25, -0.2) is 0 Å². The molecule has 0 aliphatic rings. The van der Waals surface area contributed by atoms with Gasteiger partial charge in [0.1, 0.15) is 11.5 Å². The summed E-state index contributed by atoms with van der Waals surface area (Å²) in [5, 5.41) is 2.73. The number of benzene rings is 1. The van der Waals surface area contributed by atoms with Crippen molar-refractivity contribution in [3.8, 4) is 5.75 Å². The van der Waals surface area contributed by atoms with Crippen molar-refractivity contribution in [2.45, 2.75) is 64.7 Å². The molecule has 0 radical (unpaired) electrons. The molecule has 4 heteroatoms. The minimum atomic E-state index is -0.247. The van der Waals surface area contributed by atoms with E-state index in [2.05, 4.69) is 12.2 Å². The molecule has 0 aromatic heterocycles. The van der Waals surface area contributed by atoms with E-state index < -0.39 is 0 Å². The Kier molecular flexibility index (Phi) is 9.76. The van der Waals surface area contributed by atoms with Crippen LogP contribution in [0.25, 0.3) is 0 Å². The maximum atomic E-state index is 11.8. The zero-order chi connectivity index (χ0) is 16.9. The Labute approximate surface area is 139 Å². The average Bonchev–Trinajstić information content (AvgIpc) is 2.54. The Hall–Kier alpha value is -1.84. The molecule has 0 aliphatic heterocycles. The van der Waals surface area contributed by atoms with Gasteiger partial charge in [-0.3, -0.25) is 9.59 Å². The first-order chi connectivity index (χ1) is 11.2. The standard InChI is InChI=1S/C19H29NO3/c1-3-4-5-6-7-8-9-10-17(21)15-19(22)20-16-11-13-18(23-2)14-12-16/h11-14H,3-10,15H2,1-2H3,(H,20,22). The Balaban J connectivity index is 2.14. The number of amides is 1. The molecule has 0 bridgehead atoms. The van der Waals surface area contributed by atoms with E-state index in [0.717, 1.165) is 18.6 Å². The van der Waals surface area contributed by atoms with Gasteiger partial charge in [0, 0.05) is 12.1 Å². The van der Waals surface area contributed by atoms with Crippen molar-refractivity contribution in [3.05, 3.63) is 24.3 Å². The highest BCUT2D eigenvalue weighted by Crippen LogP contribution is 2.15. The van der Waals surface area contributed by atoms with Gasteiger partial charge < -0.3 is 10.1 Å². The van der Waals surface area contributed by atoms with E-state index in [1.165, 1.54) is 32.1 Å². The van der Waals surface area contributed by atoms with E-state index in [0.29, 0.717) is 12.1 Å². The van der Waals surface area contributed by atoms with Gasteiger partial charge in [0.2, 0.25) is 5.91 Å². The lowest BCUT2D eigenvalue weighted by atomic mass is 10.1. The number of hydrogen-bond donors (Lipinski definition) is 1. The predicted octanol–water partition coefficient (Wildman–Crippen LogP) is 4.73. The van der Waals surface area contributed by atoms with Gasteiger partial charge in [-0.1, -0.05) is 45.4 Å². The van der Waals surface area contributed by atoms with Crippen molar-refractivity contribution in [2.75, 3.05) is 12.4 Å². The molecule has 4 nitrogen and oxygen atoms in total. The maximum Gasteiger partial charge on any atom is 0.231 e. The van der Waals surface area contributed by atoms with Crippen molar-refractivity contribution in [2.24, 2.45) is 0 Å². The SMILES string of the molecule is CCCCCCCCCC(=O)CC(=O)Nc1ccc(OC)cc1. The number of hydrogen-bond acceptors (Lipinski definition) is 3. The summed E-state index contributed by atoms with van der Waals surface area (Å²) in [6, 6.07) is 7.07. The summed E-state index contributed by atoms with van der Waals surface area (Å²) in [7, 11) is 1.59. The average molecular weight is 319 g/mol. The van der Waals surface area contributed by atoms with Gasteiger partial charge in [0.15, 0.2) is 0 Å². The first-order valence-corrected chi connectivity index (χ1v) is 8.61. The highest BCUT2D eigenvalue weighted by Gasteiger charge is 2.09. The third-order valence-electron chi connectivity index (χ3n) is 3.79. The highest BCUT2D eigenvalue weighted by atomic mass is 16.5. The van der Waals surface area contributed by atoms with Crippen LogP contribution in [0.4, 0.5) is 5.69 Å². The third kappa shape index (κ3) is 9.01. The minimum absolute atomic E-state index is 0.0181.